The summed E-state index contributed by atoms with van der Waals surface area (Å²) >= 11 is 5.33. The van der Waals surface area contributed by atoms with Gasteiger partial charge in [-0.3, -0.25) is 4.90 Å². The van der Waals surface area contributed by atoms with Gasteiger partial charge in [0.25, 0.3) is 0 Å². The van der Waals surface area contributed by atoms with E-state index in [2.05, 4.69) is 46.1 Å². The Kier molecular flexibility index (Phi) is 6.09. The van der Waals surface area contributed by atoms with E-state index in [1.165, 1.54) is 9.35 Å². The molecule has 0 aliphatic carbocycles. The molecule has 3 nitrogen and oxygen atoms in total. The highest BCUT2D eigenvalue weighted by Gasteiger charge is 2.18. The van der Waals surface area contributed by atoms with Crippen LogP contribution in [0.3, 0.4) is 0 Å². The topological polar surface area (TPSA) is 38.5 Å². The first-order chi connectivity index (χ1) is 7.92. The second kappa shape index (κ2) is 6.85. The fourth-order valence-electron chi connectivity index (χ4n) is 1.65. The van der Waals surface area contributed by atoms with E-state index >= 15 is 0 Å². The lowest BCUT2D eigenvalue weighted by Gasteiger charge is -2.29. The lowest BCUT2D eigenvalue weighted by Crippen LogP contribution is -2.45. The quantitative estimate of drug-likeness (QED) is 0.839. The average Bonchev–Trinajstić information content (AvgIpc) is 2.59. The minimum atomic E-state index is -0.183. The highest BCUT2D eigenvalue weighted by Crippen LogP contribution is 2.24. The van der Waals surface area contributed by atoms with Gasteiger partial charge in [0.15, 0.2) is 0 Å². The van der Waals surface area contributed by atoms with Gasteiger partial charge in [-0.2, -0.15) is 0 Å². The molecule has 2 N–H and O–H groups in total. The summed E-state index contributed by atoms with van der Waals surface area (Å²) in [6.07, 6.45) is 0. The molecule has 0 aliphatic rings. The van der Waals surface area contributed by atoms with Crippen molar-refractivity contribution in [3.8, 4) is 0 Å². The second-order valence-electron chi connectivity index (χ2n) is 4.88. The lowest BCUT2D eigenvalue weighted by atomic mass is 10.1. The van der Waals surface area contributed by atoms with E-state index in [4.69, 9.17) is 10.5 Å². The molecule has 0 radical (unpaired) electrons. The first-order valence-electron chi connectivity index (χ1n) is 5.64. The standard InChI is InChI=1S/C12H21BrN2OS/c1-12(2,14)9-15(5-6-16-3)8-11-10(13)4-7-17-11/h4,7H,5-6,8-9,14H2,1-3H3. The molecule has 0 bridgehead atoms. The van der Waals surface area contributed by atoms with Crippen LogP contribution in [-0.4, -0.2) is 37.2 Å². The molecule has 0 atom stereocenters. The Labute approximate surface area is 116 Å². The molecule has 0 aliphatic heterocycles. The number of methoxy groups -OCH3 is 1. The van der Waals surface area contributed by atoms with E-state index in [1.54, 1.807) is 18.4 Å². The zero-order valence-corrected chi connectivity index (χ0v) is 13.1. The summed E-state index contributed by atoms with van der Waals surface area (Å²) in [6.45, 7) is 7.52. The van der Waals surface area contributed by atoms with Crippen LogP contribution in [0.5, 0.6) is 0 Å². The van der Waals surface area contributed by atoms with Crippen LogP contribution in [0.1, 0.15) is 18.7 Å². The van der Waals surface area contributed by atoms with Gasteiger partial charge in [-0.05, 0) is 41.2 Å². The van der Waals surface area contributed by atoms with Crippen LogP contribution in [-0.2, 0) is 11.3 Å². The first-order valence-corrected chi connectivity index (χ1v) is 7.31. The number of halogens is 1. The summed E-state index contributed by atoms with van der Waals surface area (Å²) in [7, 11) is 1.73. The molecule has 98 valence electrons. The Morgan fingerprint density at radius 3 is 2.71 bits per heavy atom. The third kappa shape index (κ3) is 5.97. The van der Waals surface area contributed by atoms with Gasteiger partial charge in [-0.25, -0.2) is 0 Å². The molecule has 0 saturated heterocycles. The number of hydrogen-bond donors (Lipinski definition) is 1. The van der Waals surface area contributed by atoms with Crippen molar-refractivity contribution in [1.82, 2.24) is 4.90 Å². The third-order valence-electron chi connectivity index (χ3n) is 2.30. The van der Waals surface area contributed by atoms with Gasteiger partial charge in [-0.15, -0.1) is 11.3 Å². The Balaban J connectivity index is 2.60. The van der Waals surface area contributed by atoms with E-state index < -0.39 is 0 Å². The molecule has 0 aromatic carbocycles. The molecule has 0 unspecified atom stereocenters. The van der Waals surface area contributed by atoms with Gasteiger partial charge < -0.3 is 10.5 Å². The summed E-state index contributed by atoms with van der Waals surface area (Å²) in [6, 6.07) is 2.09. The molecule has 0 saturated carbocycles. The summed E-state index contributed by atoms with van der Waals surface area (Å²) < 4.78 is 6.33. The molecule has 1 heterocycles. The molecule has 0 spiro atoms. The fraction of sp³-hybridized carbons (Fsp3) is 0.667. The maximum Gasteiger partial charge on any atom is 0.0589 e. The fourth-order valence-corrected chi connectivity index (χ4v) is 3.17. The Bertz CT molecular complexity index is 335. The minimum Gasteiger partial charge on any atom is -0.383 e. The van der Waals surface area contributed by atoms with Crippen molar-refractivity contribution < 1.29 is 4.74 Å². The molecule has 1 aromatic rings. The maximum atomic E-state index is 6.08. The van der Waals surface area contributed by atoms with Crippen molar-refractivity contribution >= 4 is 27.3 Å². The number of hydrogen-bond acceptors (Lipinski definition) is 4. The lowest BCUT2D eigenvalue weighted by molar-refractivity contribution is 0.131. The Morgan fingerprint density at radius 2 is 2.24 bits per heavy atom. The summed E-state index contributed by atoms with van der Waals surface area (Å²) in [5.41, 5.74) is 5.90. The molecule has 0 fully saturated rings. The number of ether oxygens (including phenoxy) is 1. The van der Waals surface area contributed by atoms with Gasteiger partial charge >= 0.3 is 0 Å². The van der Waals surface area contributed by atoms with E-state index in [0.717, 1.165) is 26.2 Å². The van der Waals surface area contributed by atoms with Crippen LogP contribution in [0.15, 0.2) is 15.9 Å². The number of rotatable bonds is 7. The highest BCUT2D eigenvalue weighted by molar-refractivity contribution is 9.10. The molecule has 0 amide bonds. The Hall–Kier alpha value is 0.0600. The zero-order valence-electron chi connectivity index (χ0n) is 10.7. The van der Waals surface area contributed by atoms with Crippen LogP contribution in [0.4, 0.5) is 0 Å². The Morgan fingerprint density at radius 1 is 1.53 bits per heavy atom. The first kappa shape index (κ1) is 15.1. The predicted octanol–water partition coefficient (Wildman–Crippen LogP) is 2.70. The van der Waals surface area contributed by atoms with Crippen LogP contribution >= 0.6 is 27.3 Å². The largest absolute Gasteiger partial charge is 0.383 e. The van der Waals surface area contributed by atoms with Crippen molar-refractivity contribution in [2.45, 2.75) is 25.9 Å². The number of thiophene rings is 1. The van der Waals surface area contributed by atoms with Crippen LogP contribution in [0.2, 0.25) is 0 Å². The molecule has 1 rings (SSSR count). The van der Waals surface area contributed by atoms with Crippen molar-refractivity contribution in [3.05, 3.63) is 20.8 Å². The van der Waals surface area contributed by atoms with Gasteiger partial charge in [0.05, 0.1) is 6.61 Å². The van der Waals surface area contributed by atoms with E-state index in [9.17, 15) is 0 Å². The summed E-state index contributed by atoms with van der Waals surface area (Å²) in [5.74, 6) is 0. The van der Waals surface area contributed by atoms with Crippen LogP contribution in [0.25, 0.3) is 0 Å². The zero-order chi connectivity index (χ0) is 12.9. The van der Waals surface area contributed by atoms with Crippen LogP contribution in [0, 0.1) is 0 Å². The van der Waals surface area contributed by atoms with E-state index in [1.807, 2.05) is 0 Å². The van der Waals surface area contributed by atoms with Gasteiger partial charge in [-0.1, -0.05) is 0 Å². The third-order valence-corrected chi connectivity index (χ3v) is 4.21. The maximum absolute atomic E-state index is 6.08. The molecular formula is C12H21BrN2OS. The van der Waals surface area contributed by atoms with Gasteiger partial charge in [0.1, 0.15) is 0 Å². The molecule has 5 heteroatoms. The van der Waals surface area contributed by atoms with Gasteiger partial charge in [0.2, 0.25) is 0 Å². The SMILES string of the molecule is COCCN(Cc1sccc1Br)CC(C)(C)N. The second-order valence-corrected chi connectivity index (χ2v) is 6.74. The monoisotopic (exact) mass is 320 g/mol. The summed E-state index contributed by atoms with van der Waals surface area (Å²) in [4.78, 5) is 3.67. The van der Waals surface area contributed by atoms with E-state index in [0.29, 0.717) is 0 Å². The van der Waals surface area contributed by atoms with Crippen LogP contribution < -0.4 is 5.73 Å². The van der Waals surface area contributed by atoms with Crippen molar-refractivity contribution in [2.75, 3.05) is 26.8 Å². The average molecular weight is 321 g/mol. The van der Waals surface area contributed by atoms with Crippen molar-refractivity contribution in [2.24, 2.45) is 5.73 Å². The molecule has 17 heavy (non-hydrogen) atoms. The number of nitrogens with zero attached hydrogens (tertiary/aromatic N) is 1. The normalized spacial score (nSPS) is 12.4. The smallest absolute Gasteiger partial charge is 0.0589 e. The van der Waals surface area contributed by atoms with Crippen molar-refractivity contribution in [3.63, 3.8) is 0 Å². The molecule has 1 aromatic heterocycles. The number of nitrogens with two attached hydrogens (primary N) is 1. The van der Waals surface area contributed by atoms with Gasteiger partial charge in [0, 0.05) is 41.6 Å². The summed E-state index contributed by atoms with van der Waals surface area (Å²) in [5, 5.41) is 2.10. The minimum absolute atomic E-state index is 0.183. The predicted molar refractivity (Wildman–Crippen MR) is 77.4 cm³/mol. The highest BCUT2D eigenvalue weighted by atomic mass is 79.9. The van der Waals surface area contributed by atoms with Crippen molar-refractivity contribution in [1.29, 1.82) is 0 Å². The molecular weight excluding hydrogens is 300 g/mol. The van der Waals surface area contributed by atoms with E-state index in [-0.39, 0.29) is 5.54 Å².